The summed E-state index contributed by atoms with van der Waals surface area (Å²) in [6.07, 6.45) is 3.28. The molecule has 136 valence electrons. The molecule has 0 saturated carbocycles. The molecule has 2 aromatic rings. The van der Waals surface area contributed by atoms with Crippen molar-refractivity contribution >= 4 is 29.3 Å². The van der Waals surface area contributed by atoms with E-state index in [4.69, 9.17) is 0 Å². The molecule has 3 rings (SSSR count). The van der Waals surface area contributed by atoms with Gasteiger partial charge in [-0.2, -0.15) is 0 Å². The van der Waals surface area contributed by atoms with Crippen molar-refractivity contribution in [2.45, 2.75) is 31.1 Å². The normalized spacial score (nSPS) is 14.1. The number of thioether (sulfide) groups is 1. The number of hydrogen-bond donors (Lipinski definition) is 1. The second-order valence-corrected chi connectivity index (χ2v) is 7.60. The van der Waals surface area contributed by atoms with Crippen LogP contribution >= 0.6 is 11.8 Å². The molecule has 5 heteroatoms. The minimum absolute atomic E-state index is 0.00628. The number of nitrogens with one attached hydrogen (secondary N) is 1. The van der Waals surface area contributed by atoms with Gasteiger partial charge in [-0.25, -0.2) is 0 Å². The van der Waals surface area contributed by atoms with E-state index in [2.05, 4.69) is 5.32 Å². The van der Waals surface area contributed by atoms with Crippen molar-refractivity contribution in [3.8, 4) is 0 Å². The number of piperidine rings is 1. The van der Waals surface area contributed by atoms with Gasteiger partial charge in [-0.3, -0.25) is 9.59 Å². The number of para-hydroxylation sites is 1. The van der Waals surface area contributed by atoms with E-state index in [1.807, 2.05) is 48.2 Å². The summed E-state index contributed by atoms with van der Waals surface area (Å²) in [6, 6.07) is 15.4. The SMILES string of the molecule is Cc1ccc(SCC(=O)Nc2ccccc2C(=O)N2CCCCC2)cc1. The minimum atomic E-state index is -0.102. The summed E-state index contributed by atoms with van der Waals surface area (Å²) in [5, 5.41) is 2.90. The molecule has 0 unspecified atom stereocenters. The molecule has 0 aromatic heterocycles. The molecule has 0 aliphatic carbocycles. The molecular weight excluding hydrogens is 344 g/mol. The van der Waals surface area contributed by atoms with Gasteiger partial charge in [-0.15, -0.1) is 11.8 Å². The van der Waals surface area contributed by atoms with Crippen LogP contribution < -0.4 is 5.32 Å². The van der Waals surface area contributed by atoms with Crippen molar-refractivity contribution in [1.29, 1.82) is 0 Å². The average molecular weight is 369 g/mol. The average Bonchev–Trinajstić information content (AvgIpc) is 2.68. The highest BCUT2D eigenvalue weighted by Gasteiger charge is 2.21. The number of likely N-dealkylation sites (tertiary alicyclic amines) is 1. The van der Waals surface area contributed by atoms with Crippen molar-refractivity contribution in [2.75, 3.05) is 24.2 Å². The Balaban J connectivity index is 1.62. The molecular formula is C21H24N2O2S. The first kappa shape index (κ1) is 18.5. The molecule has 1 saturated heterocycles. The highest BCUT2D eigenvalue weighted by Crippen LogP contribution is 2.22. The molecule has 1 aliphatic rings. The lowest BCUT2D eigenvalue weighted by Crippen LogP contribution is -2.36. The van der Waals surface area contributed by atoms with E-state index < -0.39 is 0 Å². The number of nitrogens with zero attached hydrogens (tertiary/aromatic N) is 1. The monoisotopic (exact) mass is 368 g/mol. The Morgan fingerprint density at radius 3 is 2.42 bits per heavy atom. The van der Waals surface area contributed by atoms with Gasteiger partial charge in [0.25, 0.3) is 5.91 Å². The van der Waals surface area contributed by atoms with Gasteiger partial charge in [0, 0.05) is 18.0 Å². The maximum Gasteiger partial charge on any atom is 0.255 e. The zero-order valence-electron chi connectivity index (χ0n) is 15.0. The molecule has 1 fully saturated rings. The zero-order valence-corrected chi connectivity index (χ0v) is 15.8. The Bertz CT molecular complexity index is 768. The van der Waals surface area contributed by atoms with E-state index in [1.165, 1.54) is 23.7 Å². The van der Waals surface area contributed by atoms with Crippen molar-refractivity contribution in [2.24, 2.45) is 0 Å². The number of aryl methyl sites for hydroxylation is 1. The summed E-state index contributed by atoms with van der Waals surface area (Å²) in [7, 11) is 0. The maximum atomic E-state index is 12.8. The van der Waals surface area contributed by atoms with Crippen LogP contribution in [0.1, 0.15) is 35.2 Å². The quantitative estimate of drug-likeness (QED) is 0.798. The van der Waals surface area contributed by atoms with Crippen LogP contribution in [0.25, 0.3) is 0 Å². The van der Waals surface area contributed by atoms with Gasteiger partial charge >= 0.3 is 0 Å². The van der Waals surface area contributed by atoms with E-state index >= 15 is 0 Å². The largest absolute Gasteiger partial charge is 0.339 e. The first-order chi connectivity index (χ1) is 12.6. The summed E-state index contributed by atoms with van der Waals surface area (Å²) in [6.45, 7) is 3.63. The predicted molar refractivity (Wildman–Crippen MR) is 107 cm³/mol. The van der Waals surface area contributed by atoms with Gasteiger partial charge in [-0.05, 0) is 50.5 Å². The fraction of sp³-hybridized carbons (Fsp3) is 0.333. The number of carbonyl (C=O) groups excluding carboxylic acids is 2. The van der Waals surface area contributed by atoms with Gasteiger partial charge in [0.05, 0.1) is 17.0 Å². The highest BCUT2D eigenvalue weighted by molar-refractivity contribution is 8.00. The molecule has 0 atom stereocenters. The lowest BCUT2D eigenvalue weighted by molar-refractivity contribution is -0.113. The number of anilines is 1. The van der Waals surface area contributed by atoms with E-state index in [-0.39, 0.29) is 11.8 Å². The number of carbonyl (C=O) groups is 2. The third-order valence-electron chi connectivity index (χ3n) is 4.47. The van der Waals surface area contributed by atoms with Gasteiger partial charge in [0.15, 0.2) is 0 Å². The van der Waals surface area contributed by atoms with Crippen LogP contribution in [0.15, 0.2) is 53.4 Å². The molecule has 2 aromatic carbocycles. The molecule has 0 radical (unpaired) electrons. The summed E-state index contributed by atoms with van der Waals surface area (Å²) in [4.78, 5) is 28.1. The zero-order chi connectivity index (χ0) is 18.4. The highest BCUT2D eigenvalue weighted by atomic mass is 32.2. The van der Waals surface area contributed by atoms with E-state index in [9.17, 15) is 9.59 Å². The van der Waals surface area contributed by atoms with Crippen LogP contribution in [0.4, 0.5) is 5.69 Å². The molecule has 1 N–H and O–H groups in total. The number of amides is 2. The van der Waals surface area contributed by atoms with Gasteiger partial charge in [0.2, 0.25) is 5.91 Å². The Morgan fingerprint density at radius 1 is 1.00 bits per heavy atom. The summed E-state index contributed by atoms with van der Waals surface area (Å²) < 4.78 is 0. The van der Waals surface area contributed by atoms with Crippen molar-refractivity contribution in [1.82, 2.24) is 4.90 Å². The summed E-state index contributed by atoms with van der Waals surface area (Å²) >= 11 is 1.49. The predicted octanol–water partition coefficient (Wildman–Crippen LogP) is 4.35. The third-order valence-corrected chi connectivity index (χ3v) is 5.48. The second kappa shape index (κ2) is 8.90. The van der Waals surface area contributed by atoms with Crippen LogP contribution in [0.2, 0.25) is 0 Å². The number of rotatable bonds is 5. The Kier molecular flexibility index (Phi) is 6.34. The number of hydrogen-bond acceptors (Lipinski definition) is 3. The van der Waals surface area contributed by atoms with Crippen LogP contribution in [0.5, 0.6) is 0 Å². The van der Waals surface area contributed by atoms with Crippen molar-refractivity contribution in [3.63, 3.8) is 0 Å². The van der Waals surface area contributed by atoms with E-state index in [0.717, 1.165) is 30.8 Å². The van der Waals surface area contributed by atoms with E-state index in [0.29, 0.717) is 17.0 Å². The lowest BCUT2D eigenvalue weighted by Gasteiger charge is -2.27. The first-order valence-electron chi connectivity index (χ1n) is 9.01. The van der Waals surface area contributed by atoms with Gasteiger partial charge < -0.3 is 10.2 Å². The molecule has 2 amide bonds. The molecule has 1 heterocycles. The van der Waals surface area contributed by atoms with Crippen molar-refractivity contribution < 1.29 is 9.59 Å². The fourth-order valence-corrected chi connectivity index (χ4v) is 3.71. The molecule has 0 spiro atoms. The van der Waals surface area contributed by atoms with Crippen LogP contribution in [-0.2, 0) is 4.79 Å². The molecule has 0 bridgehead atoms. The summed E-state index contributed by atoms with van der Waals surface area (Å²) in [5.74, 6) is 0.219. The minimum Gasteiger partial charge on any atom is -0.339 e. The lowest BCUT2D eigenvalue weighted by atomic mass is 10.1. The smallest absolute Gasteiger partial charge is 0.255 e. The molecule has 1 aliphatic heterocycles. The maximum absolute atomic E-state index is 12.8. The standard InChI is InChI=1S/C21H24N2O2S/c1-16-9-11-17(12-10-16)26-15-20(24)22-19-8-4-3-7-18(19)21(25)23-13-5-2-6-14-23/h3-4,7-12H,2,5-6,13-15H2,1H3,(H,22,24). The Morgan fingerprint density at radius 2 is 1.69 bits per heavy atom. The van der Waals surface area contributed by atoms with Gasteiger partial charge in [-0.1, -0.05) is 29.8 Å². The van der Waals surface area contributed by atoms with Crippen LogP contribution in [0, 0.1) is 6.92 Å². The fourth-order valence-electron chi connectivity index (χ4n) is 3.02. The van der Waals surface area contributed by atoms with Crippen LogP contribution in [-0.4, -0.2) is 35.6 Å². The van der Waals surface area contributed by atoms with Crippen LogP contribution in [0.3, 0.4) is 0 Å². The van der Waals surface area contributed by atoms with E-state index in [1.54, 1.807) is 12.1 Å². The van der Waals surface area contributed by atoms with Gasteiger partial charge in [0.1, 0.15) is 0 Å². The second-order valence-electron chi connectivity index (χ2n) is 6.55. The molecule has 26 heavy (non-hydrogen) atoms. The molecule has 4 nitrogen and oxygen atoms in total. The Hall–Kier alpha value is -2.27. The third kappa shape index (κ3) is 4.88. The Labute approximate surface area is 159 Å². The summed E-state index contributed by atoms with van der Waals surface area (Å²) in [5.41, 5.74) is 2.37. The topological polar surface area (TPSA) is 49.4 Å². The number of benzene rings is 2. The first-order valence-corrected chi connectivity index (χ1v) is 9.99. The van der Waals surface area contributed by atoms with Crippen molar-refractivity contribution in [3.05, 3.63) is 59.7 Å².